The van der Waals surface area contributed by atoms with Crippen LogP contribution >= 0.6 is 0 Å². The van der Waals surface area contributed by atoms with Crippen molar-refractivity contribution in [1.29, 1.82) is 0 Å². The number of aliphatic hydroxyl groups excluding tert-OH is 2. The van der Waals surface area contributed by atoms with Crippen LogP contribution in [0.1, 0.15) is 23.2 Å². The fourth-order valence-corrected chi connectivity index (χ4v) is 6.32. The highest BCUT2D eigenvalue weighted by Gasteiger charge is 2.64. The van der Waals surface area contributed by atoms with Crippen LogP contribution in [0.25, 0.3) is 5.76 Å². The zero-order chi connectivity index (χ0) is 30.5. The lowest BCUT2D eigenvalue weighted by atomic mass is 9.57. The van der Waals surface area contributed by atoms with E-state index in [0.29, 0.717) is 12.1 Å². The van der Waals surface area contributed by atoms with Gasteiger partial charge in [-0.3, -0.25) is 29.1 Å². The number of benzene rings is 1. The Hall–Kier alpha value is -4.59. The van der Waals surface area contributed by atoms with Crippen LogP contribution in [0.2, 0.25) is 0 Å². The molecular formula is C29H31N5O8. The fraction of sp³-hybridized carbons (Fsp3) is 0.345. The molecule has 220 valence electrons. The number of rotatable bonds is 7. The van der Waals surface area contributed by atoms with Crippen LogP contribution < -0.4 is 16.4 Å². The molecule has 3 aliphatic carbocycles. The standard InChI is InChI=1S/C29H31N5O8/c1-34(2)22-16-10-14-9-13-6-7-17(33-18(35)12-31-11-15-5-3-4-8-32-15)23(36)19(13)24(37)20(14)26(39)29(16,42)27(40)21(25(22)38)28(30)41/h3-8,14,16,22,31,36-37,40,42H,9-12H2,1-2H3,(H2,30,41)(H,33,35)/t14?,16?,22-,29-/m0/s1. The normalized spacial score (nSPS) is 25.2. The first-order valence-corrected chi connectivity index (χ1v) is 13.3. The molecule has 3 aliphatic rings. The predicted octanol–water partition coefficient (Wildman–Crippen LogP) is 0.0873. The van der Waals surface area contributed by atoms with Crippen LogP contribution in [0, 0.1) is 11.8 Å². The third-order valence-corrected chi connectivity index (χ3v) is 8.19. The summed E-state index contributed by atoms with van der Waals surface area (Å²) in [4.78, 5) is 57.3. The Labute approximate surface area is 240 Å². The number of Topliss-reactive ketones (excluding diaryl/α,β-unsaturated/α-hetero) is 2. The lowest BCUT2D eigenvalue weighted by Crippen LogP contribution is -2.65. The second-order valence-corrected chi connectivity index (χ2v) is 10.9. The quantitative estimate of drug-likeness (QED) is 0.173. The fourth-order valence-electron chi connectivity index (χ4n) is 6.32. The van der Waals surface area contributed by atoms with Gasteiger partial charge in [-0.25, -0.2) is 0 Å². The second kappa shape index (κ2) is 10.7. The van der Waals surface area contributed by atoms with E-state index in [-0.39, 0.29) is 36.2 Å². The van der Waals surface area contributed by atoms with E-state index >= 15 is 0 Å². The molecule has 0 spiro atoms. The van der Waals surface area contributed by atoms with Gasteiger partial charge in [-0.15, -0.1) is 0 Å². The van der Waals surface area contributed by atoms with Crippen LogP contribution in [0.15, 0.2) is 53.4 Å². The Balaban J connectivity index is 1.47. The minimum atomic E-state index is -2.72. The van der Waals surface area contributed by atoms with Crippen molar-refractivity contribution >= 4 is 34.8 Å². The summed E-state index contributed by atoms with van der Waals surface area (Å²) in [6.45, 7) is 0.235. The number of amides is 2. The summed E-state index contributed by atoms with van der Waals surface area (Å²) in [5, 5.41) is 50.5. The maximum absolute atomic E-state index is 13.9. The number of pyridine rings is 1. The van der Waals surface area contributed by atoms with Crippen molar-refractivity contribution in [3.8, 4) is 5.75 Å². The Morgan fingerprint density at radius 2 is 1.88 bits per heavy atom. The van der Waals surface area contributed by atoms with Gasteiger partial charge in [0.05, 0.1) is 29.5 Å². The smallest absolute Gasteiger partial charge is 0.255 e. The predicted molar refractivity (Wildman–Crippen MR) is 149 cm³/mol. The second-order valence-electron chi connectivity index (χ2n) is 10.9. The molecule has 2 aromatic rings. The third-order valence-electron chi connectivity index (χ3n) is 8.19. The number of hydrogen-bond acceptors (Lipinski definition) is 11. The van der Waals surface area contributed by atoms with E-state index in [1.807, 2.05) is 6.07 Å². The van der Waals surface area contributed by atoms with Gasteiger partial charge in [-0.2, -0.15) is 0 Å². The minimum Gasteiger partial charge on any atom is -0.508 e. The van der Waals surface area contributed by atoms with Crippen LogP contribution in [-0.4, -0.2) is 86.0 Å². The zero-order valence-corrected chi connectivity index (χ0v) is 22.9. The Morgan fingerprint density at radius 3 is 2.52 bits per heavy atom. The number of nitrogens with one attached hydrogen (secondary N) is 2. The summed E-state index contributed by atoms with van der Waals surface area (Å²) in [5.41, 5.74) is 2.57. The number of phenols is 1. The summed E-state index contributed by atoms with van der Waals surface area (Å²) >= 11 is 0. The summed E-state index contributed by atoms with van der Waals surface area (Å²) in [5.74, 6) is -7.79. The molecule has 0 aliphatic heterocycles. The van der Waals surface area contributed by atoms with Gasteiger partial charge in [0.25, 0.3) is 5.91 Å². The molecule has 1 heterocycles. The number of nitrogens with two attached hydrogens (primary N) is 1. The lowest BCUT2D eigenvalue weighted by Gasteiger charge is -2.50. The molecule has 8 N–H and O–H groups in total. The van der Waals surface area contributed by atoms with Crippen molar-refractivity contribution in [2.75, 3.05) is 26.0 Å². The van der Waals surface area contributed by atoms with E-state index < -0.39 is 69.7 Å². The Bertz CT molecular complexity index is 1570. The number of nitrogens with zero attached hydrogens (tertiary/aromatic N) is 2. The van der Waals surface area contributed by atoms with E-state index in [1.165, 1.54) is 25.1 Å². The highest BCUT2D eigenvalue weighted by Crippen LogP contribution is 2.53. The van der Waals surface area contributed by atoms with Gasteiger partial charge in [0.1, 0.15) is 22.8 Å². The molecule has 1 aromatic carbocycles. The Kier molecular flexibility index (Phi) is 7.35. The van der Waals surface area contributed by atoms with Crippen molar-refractivity contribution < 1.29 is 39.6 Å². The summed E-state index contributed by atoms with van der Waals surface area (Å²) in [6.07, 6.45) is 1.78. The van der Waals surface area contributed by atoms with Crippen molar-refractivity contribution in [2.45, 2.75) is 31.0 Å². The number of primary amides is 1. The van der Waals surface area contributed by atoms with E-state index in [1.54, 1.807) is 24.4 Å². The first kappa shape index (κ1) is 28.9. The van der Waals surface area contributed by atoms with Crippen molar-refractivity contribution in [2.24, 2.45) is 17.6 Å². The molecule has 1 fully saturated rings. The molecule has 0 bridgehead atoms. The molecule has 5 rings (SSSR count). The van der Waals surface area contributed by atoms with E-state index in [9.17, 15) is 39.6 Å². The molecule has 1 saturated carbocycles. The minimum absolute atomic E-state index is 0.00699. The van der Waals surface area contributed by atoms with Gasteiger partial charge in [-0.05, 0) is 56.6 Å². The molecule has 42 heavy (non-hydrogen) atoms. The zero-order valence-electron chi connectivity index (χ0n) is 22.9. The first-order valence-electron chi connectivity index (χ1n) is 13.3. The molecule has 0 radical (unpaired) electrons. The number of aromatic nitrogens is 1. The van der Waals surface area contributed by atoms with Crippen molar-refractivity contribution in [3.05, 3.63) is 70.3 Å². The topological polar surface area (TPSA) is 215 Å². The van der Waals surface area contributed by atoms with Gasteiger partial charge in [0.15, 0.2) is 11.4 Å². The lowest BCUT2D eigenvalue weighted by molar-refractivity contribution is -0.153. The highest BCUT2D eigenvalue weighted by molar-refractivity contribution is 6.24. The van der Waals surface area contributed by atoms with Crippen LogP contribution in [0.4, 0.5) is 5.69 Å². The van der Waals surface area contributed by atoms with Gasteiger partial charge < -0.3 is 36.8 Å². The summed E-state index contributed by atoms with van der Waals surface area (Å²) < 4.78 is 0. The van der Waals surface area contributed by atoms with Gasteiger partial charge in [-0.1, -0.05) is 12.1 Å². The molecule has 0 saturated heterocycles. The number of likely N-dealkylation sites (N-methyl/N-ethyl adjacent to an activating group) is 1. The van der Waals surface area contributed by atoms with Crippen molar-refractivity contribution in [3.63, 3.8) is 0 Å². The molecule has 1 aromatic heterocycles. The number of anilines is 1. The number of phenolic OH excluding ortho intramolecular Hbond substituents is 1. The van der Waals surface area contributed by atoms with Crippen molar-refractivity contribution in [1.82, 2.24) is 15.2 Å². The summed E-state index contributed by atoms with van der Waals surface area (Å²) in [6, 6.07) is 7.31. The monoisotopic (exact) mass is 577 g/mol. The van der Waals surface area contributed by atoms with Gasteiger partial charge >= 0.3 is 0 Å². The van der Waals surface area contributed by atoms with E-state index in [0.717, 1.165) is 5.69 Å². The average molecular weight is 578 g/mol. The number of hydrogen-bond donors (Lipinski definition) is 7. The molecule has 13 nitrogen and oxygen atoms in total. The maximum atomic E-state index is 13.9. The molecular weight excluding hydrogens is 546 g/mol. The van der Waals surface area contributed by atoms with E-state index in [4.69, 9.17) is 5.73 Å². The first-order chi connectivity index (χ1) is 19.9. The third kappa shape index (κ3) is 4.51. The average Bonchev–Trinajstić information content (AvgIpc) is 2.92. The largest absolute Gasteiger partial charge is 0.508 e. The molecule has 13 heteroatoms. The van der Waals surface area contributed by atoms with Gasteiger partial charge in [0, 0.05) is 24.2 Å². The number of carbonyl (C=O) groups excluding carboxylic acids is 4. The number of fused-ring (bicyclic) bond motifs is 3. The van der Waals surface area contributed by atoms with Crippen LogP contribution in [0.3, 0.4) is 0 Å². The maximum Gasteiger partial charge on any atom is 0.255 e. The molecule has 2 amide bonds. The highest BCUT2D eigenvalue weighted by atomic mass is 16.3. The molecule has 2 unspecified atom stereocenters. The van der Waals surface area contributed by atoms with Crippen LogP contribution in [-0.2, 0) is 32.1 Å². The van der Waals surface area contributed by atoms with Crippen LogP contribution in [0.5, 0.6) is 5.75 Å². The number of aromatic hydroxyl groups is 1. The Morgan fingerprint density at radius 1 is 1.14 bits per heavy atom. The number of aliphatic hydroxyl groups is 3. The number of carbonyl (C=O) groups is 4. The summed E-state index contributed by atoms with van der Waals surface area (Å²) in [7, 11) is 3.07. The number of ketones is 2. The van der Waals surface area contributed by atoms with E-state index in [2.05, 4.69) is 15.6 Å². The molecule has 4 atom stereocenters. The SMILES string of the molecule is CN(C)[C@@H]1C(=O)C(C(N)=O)=C(O)[C@@]2(O)C(=O)C3=C(O)c4c(ccc(NC(=O)CNCc5ccccn5)c4O)CC3CC12. The van der Waals surface area contributed by atoms with Gasteiger partial charge in [0.2, 0.25) is 11.7 Å².